The Labute approximate surface area is 116 Å². The van der Waals surface area contributed by atoms with Gasteiger partial charge in [-0.25, -0.2) is 4.98 Å². The van der Waals surface area contributed by atoms with Crippen LogP contribution in [-0.4, -0.2) is 31.8 Å². The van der Waals surface area contributed by atoms with Gasteiger partial charge in [0.05, 0.1) is 22.7 Å². The molecule has 0 amide bonds. The fourth-order valence-electron chi connectivity index (χ4n) is 1.68. The molecule has 2 rings (SSSR count). The van der Waals surface area contributed by atoms with Crippen molar-refractivity contribution in [1.29, 1.82) is 0 Å². The van der Waals surface area contributed by atoms with Gasteiger partial charge in [-0.05, 0) is 29.8 Å². The number of rotatable bonds is 3. The Bertz CT molecular complexity index is 655. The number of hydrogen-bond acceptors (Lipinski definition) is 6. The summed E-state index contributed by atoms with van der Waals surface area (Å²) in [6.45, 7) is 3.16. The van der Waals surface area contributed by atoms with Gasteiger partial charge < -0.3 is 4.74 Å². The van der Waals surface area contributed by atoms with E-state index in [1.165, 1.54) is 18.0 Å². The van der Waals surface area contributed by atoms with Crippen molar-refractivity contribution in [3.8, 4) is 11.8 Å². The molecule has 0 bridgehead atoms. The maximum absolute atomic E-state index is 10.9. The van der Waals surface area contributed by atoms with Gasteiger partial charge in [0.15, 0.2) is 0 Å². The molecule has 0 aromatic carbocycles. The van der Waals surface area contributed by atoms with Crippen LogP contribution < -0.4 is 4.74 Å². The van der Waals surface area contributed by atoms with E-state index in [0.29, 0.717) is 21.7 Å². The SMILES string of the molecule is COc1nc(-n2nc(C)c([N+](=O)[O-])c2C)ncc1Br. The third-order valence-electron chi connectivity index (χ3n) is 2.52. The lowest BCUT2D eigenvalue weighted by Gasteiger charge is -2.05. The van der Waals surface area contributed by atoms with Gasteiger partial charge in [0, 0.05) is 0 Å². The van der Waals surface area contributed by atoms with E-state index < -0.39 is 4.92 Å². The van der Waals surface area contributed by atoms with Crippen LogP contribution in [0.2, 0.25) is 0 Å². The average molecular weight is 328 g/mol. The molecule has 0 spiro atoms. The summed E-state index contributed by atoms with van der Waals surface area (Å²) < 4.78 is 6.97. The fraction of sp³-hybridized carbons (Fsp3) is 0.300. The molecule has 0 aliphatic rings. The molecule has 0 saturated heterocycles. The molecular formula is C10H10BrN5O3. The molecule has 0 fully saturated rings. The Balaban J connectivity index is 2.60. The summed E-state index contributed by atoms with van der Waals surface area (Å²) in [5.41, 5.74) is 0.644. The zero-order valence-corrected chi connectivity index (χ0v) is 12.0. The van der Waals surface area contributed by atoms with Gasteiger partial charge in [-0.15, -0.1) is 0 Å². The summed E-state index contributed by atoms with van der Waals surface area (Å²) in [6.07, 6.45) is 1.50. The number of nitrogens with zero attached hydrogens (tertiary/aromatic N) is 5. The minimum Gasteiger partial charge on any atom is -0.480 e. The summed E-state index contributed by atoms with van der Waals surface area (Å²) in [6, 6.07) is 0. The number of aryl methyl sites for hydroxylation is 1. The van der Waals surface area contributed by atoms with Gasteiger partial charge in [0.1, 0.15) is 11.4 Å². The summed E-state index contributed by atoms with van der Waals surface area (Å²) in [7, 11) is 1.47. The average Bonchev–Trinajstić information content (AvgIpc) is 2.65. The van der Waals surface area contributed by atoms with E-state index in [4.69, 9.17) is 4.74 Å². The van der Waals surface area contributed by atoms with Crippen molar-refractivity contribution < 1.29 is 9.66 Å². The fourth-order valence-corrected chi connectivity index (χ4v) is 2.03. The molecule has 0 aliphatic carbocycles. The van der Waals surface area contributed by atoms with Crippen molar-refractivity contribution >= 4 is 21.6 Å². The van der Waals surface area contributed by atoms with Crippen molar-refractivity contribution in [2.45, 2.75) is 13.8 Å². The van der Waals surface area contributed by atoms with Crippen molar-refractivity contribution in [2.24, 2.45) is 0 Å². The number of methoxy groups -OCH3 is 1. The molecule has 0 aliphatic heterocycles. The van der Waals surface area contributed by atoms with Gasteiger partial charge in [0.25, 0.3) is 5.95 Å². The maximum atomic E-state index is 10.9. The predicted octanol–water partition coefficient (Wildman–Crippen LogP) is 1.96. The molecule has 8 nitrogen and oxygen atoms in total. The van der Waals surface area contributed by atoms with E-state index in [-0.39, 0.29) is 11.6 Å². The number of aromatic nitrogens is 4. The Morgan fingerprint density at radius 3 is 2.68 bits per heavy atom. The van der Waals surface area contributed by atoms with Gasteiger partial charge in [-0.3, -0.25) is 10.1 Å². The molecule has 0 N–H and O–H groups in total. The van der Waals surface area contributed by atoms with Crippen LogP contribution in [0.5, 0.6) is 5.88 Å². The molecule has 100 valence electrons. The van der Waals surface area contributed by atoms with Crippen LogP contribution in [-0.2, 0) is 0 Å². The smallest absolute Gasteiger partial charge is 0.313 e. The first-order valence-corrected chi connectivity index (χ1v) is 6.02. The van der Waals surface area contributed by atoms with Gasteiger partial charge in [0.2, 0.25) is 5.88 Å². The van der Waals surface area contributed by atoms with E-state index in [2.05, 4.69) is 31.0 Å². The quantitative estimate of drug-likeness (QED) is 0.631. The van der Waals surface area contributed by atoms with Crippen LogP contribution in [0.15, 0.2) is 10.7 Å². The number of ether oxygens (including phenoxy) is 1. The van der Waals surface area contributed by atoms with Crippen LogP contribution in [0.25, 0.3) is 5.95 Å². The lowest BCUT2D eigenvalue weighted by atomic mass is 10.3. The molecule has 0 saturated carbocycles. The van der Waals surface area contributed by atoms with Crippen molar-refractivity contribution in [1.82, 2.24) is 19.7 Å². The van der Waals surface area contributed by atoms with Crippen molar-refractivity contribution in [3.05, 3.63) is 32.2 Å². The molecule has 9 heteroatoms. The normalized spacial score (nSPS) is 10.5. The highest BCUT2D eigenvalue weighted by Gasteiger charge is 2.24. The minimum absolute atomic E-state index is 0.0366. The zero-order chi connectivity index (χ0) is 14.2. The number of halogens is 1. The molecule has 2 heterocycles. The highest BCUT2D eigenvalue weighted by molar-refractivity contribution is 9.10. The Morgan fingerprint density at radius 2 is 2.16 bits per heavy atom. The van der Waals surface area contributed by atoms with Gasteiger partial charge >= 0.3 is 5.69 Å². The highest BCUT2D eigenvalue weighted by Crippen LogP contribution is 2.26. The second kappa shape index (κ2) is 4.92. The molecule has 0 unspecified atom stereocenters. The lowest BCUT2D eigenvalue weighted by molar-refractivity contribution is -0.386. The second-order valence-electron chi connectivity index (χ2n) is 3.72. The number of nitro groups is 1. The summed E-state index contributed by atoms with van der Waals surface area (Å²) in [5, 5.41) is 15.0. The van der Waals surface area contributed by atoms with Crippen LogP contribution in [0, 0.1) is 24.0 Å². The van der Waals surface area contributed by atoms with Gasteiger partial charge in [-0.2, -0.15) is 14.8 Å². The topological polar surface area (TPSA) is 96.0 Å². The number of hydrogen-bond donors (Lipinski definition) is 0. The monoisotopic (exact) mass is 327 g/mol. The van der Waals surface area contributed by atoms with E-state index in [1.807, 2.05) is 0 Å². The largest absolute Gasteiger partial charge is 0.480 e. The molecule has 19 heavy (non-hydrogen) atoms. The summed E-state index contributed by atoms with van der Waals surface area (Å²) in [5.74, 6) is 0.550. The van der Waals surface area contributed by atoms with E-state index in [1.54, 1.807) is 13.8 Å². The molecule has 2 aromatic rings. The third-order valence-corrected chi connectivity index (χ3v) is 3.06. The van der Waals surface area contributed by atoms with Crippen molar-refractivity contribution in [2.75, 3.05) is 7.11 Å². The van der Waals surface area contributed by atoms with Crippen LogP contribution >= 0.6 is 15.9 Å². The van der Waals surface area contributed by atoms with E-state index in [0.717, 1.165) is 0 Å². The Kier molecular flexibility index (Phi) is 3.47. The molecular weight excluding hydrogens is 318 g/mol. The lowest BCUT2D eigenvalue weighted by Crippen LogP contribution is -2.06. The highest BCUT2D eigenvalue weighted by atomic mass is 79.9. The van der Waals surface area contributed by atoms with Crippen LogP contribution in [0.1, 0.15) is 11.4 Å². The van der Waals surface area contributed by atoms with Crippen LogP contribution in [0.4, 0.5) is 5.69 Å². The Hall–Kier alpha value is -2.03. The third kappa shape index (κ3) is 2.28. The molecule has 2 aromatic heterocycles. The first-order valence-electron chi connectivity index (χ1n) is 5.23. The van der Waals surface area contributed by atoms with E-state index >= 15 is 0 Å². The van der Waals surface area contributed by atoms with E-state index in [9.17, 15) is 10.1 Å². The van der Waals surface area contributed by atoms with Crippen LogP contribution in [0.3, 0.4) is 0 Å². The molecule has 0 atom stereocenters. The predicted molar refractivity (Wildman–Crippen MR) is 69.5 cm³/mol. The summed E-state index contributed by atoms with van der Waals surface area (Å²) in [4.78, 5) is 18.7. The first kappa shape index (κ1) is 13.4. The first-order chi connectivity index (χ1) is 8.95. The second-order valence-corrected chi connectivity index (χ2v) is 4.57. The molecule has 0 radical (unpaired) electrons. The maximum Gasteiger partial charge on any atom is 0.313 e. The summed E-state index contributed by atoms with van der Waals surface area (Å²) >= 11 is 3.24. The van der Waals surface area contributed by atoms with Crippen molar-refractivity contribution in [3.63, 3.8) is 0 Å². The zero-order valence-electron chi connectivity index (χ0n) is 10.4. The Morgan fingerprint density at radius 1 is 1.47 bits per heavy atom. The standard InChI is InChI=1S/C10H10BrN5O3/c1-5-8(16(17)18)6(2)15(14-5)10-12-4-7(11)9(13-10)19-3/h4H,1-3H3. The minimum atomic E-state index is -0.468. The van der Waals surface area contributed by atoms with Gasteiger partial charge in [-0.1, -0.05) is 0 Å².